The predicted octanol–water partition coefficient (Wildman–Crippen LogP) is 5.64. The van der Waals surface area contributed by atoms with Crippen molar-refractivity contribution in [3.05, 3.63) is 86.3 Å². The van der Waals surface area contributed by atoms with Crippen LogP contribution in [0.15, 0.2) is 80.4 Å². The number of para-hydroxylation sites is 2. The minimum atomic E-state index is -0.270. The number of hydrogen-bond donors (Lipinski definition) is 1. The predicted molar refractivity (Wildman–Crippen MR) is 130 cm³/mol. The third-order valence-electron chi connectivity index (χ3n) is 4.82. The molecule has 0 saturated carbocycles. The van der Waals surface area contributed by atoms with Crippen molar-refractivity contribution in [1.29, 1.82) is 0 Å². The van der Waals surface area contributed by atoms with Crippen molar-refractivity contribution in [2.24, 2.45) is 0 Å². The highest BCUT2D eigenvalue weighted by atomic mass is 35.5. The largest absolute Gasteiger partial charge is 0.448 e. The van der Waals surface area contributed by atoms with E-state index in [1.54, 1.807) is 40.2 Å². The number of nitrogens with zero attached hydrogens (tertiary/aromatic N) is 2. The number of hydrogen-bond acceptors (Lipinski definition) is 6. The number of anilines is 1. The Morgan fingerprint density at radius 3 is 2.75 bits per heavy atom. The fraction of sp³-hybridized carbons (Fsp3) is 0.0870. The average Bonchev–Trinajstić information content (AvgIpc) is 3.44. The van der Waals surface area contributed by atoms with Gasteiger partial charge >= 0.3 is 0 Å². The average molecular weight is 482 g/mol. The normalized spacial score (nSPS) is 11.3. The molecule has 1 amide bonds. The maximum atomic E-state index is 13.3. The van der Waals surface area contributed by atoms with Gasteiger partial charge in [-0.15, -0.1) is 11.3 Å². The molecule has 160 valence electrons. The summed E-state index contributed by atoms with van der Waals surface area (Å²) in [5.74, 6) is -0.166. The van der Waals surface area contributed by atoms with Gasteiger partial charge in [0, 0.05) is 10.3 Å². The Bertz CT molecular complexity index is 1490. The van der Waals surface area contributed by atoms with E-state index in [0.717, 1.165) is 10.3 Å². The molecule has 1 N–H and O–H groups in total. The van der Waals surface area contributed by atoms with Gasteiger partial charge in [0.1, 0.15) is 11.1 Å². The molecule has 0 fully saturated rings. The maximum absolute atomic E-state index is 13.3. The van der Waals surface area contributed by atoms with Gasteiger partial charge in [-0.05, 0) is 35.7 Å². The molecule has 0 atom stereocenters. The van der Waals surface area contributed by atoms with Crippen molar-refractivity contribution < 1.29 is 9.21 Å². The van der Waals surface area contributed by atoms with E-state index in [9.17, 15) is 9.59 Å². The first-order valence-electron chi connectivity index (χ1n) is 9.72. The van der Waals surface area contributed by atoms with E-state index in [2.05, 4.69) is 5.32 Å². The number of nitrogens with one attached hydrogen (secondary N) is 1. The molecule has 3 heterocycles. The molecule has 0 aliphatic rings. The fourth-order valence-electron chi connectivity index (χ4n) is 3.34. The van der Waals surface area contributed by atoms with E-state index in [4.69, 9.17) is 21.0 Å². The zero-order valence-electron chi connectivity index (χ0n) is 16.6. The van der Waals surface area contributed by atoms with Gasteiger partial charge in [-0.3, -0.25) is 14.2 Å². The van der Waals surface area contributed by atoms with Crippen LogP contribution in [0.1, 0.15) is 4.88 Å². The zero-order chi connectivity index (χ0) is 22.1. The van der Waals surface area contributed by atoms with Crippen molar-refractivity contribution >= 4 is 68.4 Å². The summed E-state index contributed by atoms with van der Waals surface area (Å²) in [5, 5.41) is 6.44. The number of carbonyl (C=O) groups is 1. The summed E-state index contributed by atoms with van der Waals surface area (Å²) in [7, 11) is 0. The summed E-state index contributed by atoms with van der Waals surface area (Å²) in [6.45, 7) is 0.352. The molecule has 0 saturated heterocycles. The number of furan rings is 1. The van der Waals surface area contributed by atoms with Gasteiger partial charge in [0.25, 0.3) is 5.56 Å². The monoisotopic (exact) mass is 481 g/mol. The van der Waals surface area contributed by atoms with Crippen LogP contribution in [0.3, 0.4) is 0 Å². The van der Waals surface area contributed by atoms with Crippen LogP contribution in [0, 0.1) is 0 Å². The third-order valence-corrected chi connectivity index (χ3v) is 6.99. The van der Waals surface area contributed by atoms with E-state index in [0.29, 0.717) is 33.5 Å². The first-order chi connectivity index (χ1) is 15.6. The number of rotatable bonds is 6. The lowest BCUT2D eigenvalue weighted by Crippen LogP contribution is -2.24. The van der Waals surface area contributed by atoms with Crippen LogP contribution in [0.2, 0.25) is 5.02 Å². The highest BCUT2D eigenvalue weighted by molar-refractivity contribution is 7.99. The molecule has 2 aromatic carbocycles. The number of halogens is 1. The van der Waals surface area contributed by atoms with Gasteiger partial charge in [-0.25, -0.2) is 4.98 Å². The molecule has 5 aromatic rings. The van der Waals surface area contributed by atoms with Crippen molar-refractivity contribution in [3.8, 4) is 0 Å². The van der Waals surface area contributed by atoms with E-state index < -0.39 is 0 Å². The molecule has 0 aliphatic carbocycles. The number of thiophene rings is 1. The van der Waals surface area contributed by atoms with Crippen LogP contribution >= 0.6 is 34.7 Å². The molecule has 0 radical (unpaired) electrons. The smallest absolute Gasteiger partial charge is 0.298 e. The summed E-state index contributed by atoms with van der Waals surface area (Å²) < 4.78 is 7.38. The van der Waals surface area contributed by atoms with Gasteiger partial charge in [0.15, 0.2) is 5.16 Å². The highest BCUT2D eigenvalue weighted by Crippen LogP contribution is 2.28. The Balaban J connectivity index is 1.51. The number of thioether (sulfide) groups is 1. The molecule has 0 unspecified atom stereocenters. The third kappa shape index (κ3) is 4.04. The molecule has 0 spiro atoms. The molecule has 0 aliphatic heterocycles. The molecule has 32 heavy (non-hydrogen) atoms. The molecule has 0 bridgehead atoms. The quantitative estimate of drug-likeness (QED) is 0.251. The van der Waals surface area contributed by atoms with Gasteiger partial charge in [0.2, 0.25) is 11.5 Å². The first-order valence-corrected chi connectivity index (χ1v) is 12.0. The number of fused-ring (bicyclic) bond motifs is 3. The molecular weight excluding hydrogens is 466 g/mol. The second-order valence-corrected chi connectivity index (χ2v) is 9.34. The fourth-order valence-corrected chi connectivity index (χ4v) is 5.01. The van der Waals surface area contributed by atoms with Gasteiger partial charge in [0.05, 0.1) is 23.0 Å². The lowest BCUT2D eigenvalue weighted by molar-refractivity contribution is -0.113. The van der Waals surface area contributed by atoms with Crippen LogP contribution < -0.4 is 10.9 Å². The van der Waals surface area contributed by atoms with E-state index in [1.807, 2.05) is 41.8 Å². The Labute approximate surface area is 195 Å². The lowest BCUT2D eigenvalue weighted by atomic mass is 10.2. The first kappa shape index (κ1) is 20.8. The minimum absolute atomic E-state index is 0.0728. The van der Waals surface area contributed by atoms with Crippen molar-refractivity contribution in [3.63, 3.8) is 0 Å². The van der Waals surface area contributed by atoms with E-state index >= 15 is 0 Å². The SMILES string of the molecule is O=C(CSc1nc2c(oc3ccccc32)c(=O)n1Cc1cccs1)Nc1ccccc1Cl. The molecule has 5 rings (SSSR count). The molecular formula is C23H16ClN3O3S2. The van der Waals surface area contributed by atoms with Gasteiger partial charge in [-0.1, -0.05) is 53.7 Å². The standard InChI is InChI=1S/C23H16ClN3O3S2/c24-16-8-2-3-9-17(16)25-19(28)13-32-23-26-20-15-7-1-4-10-18(15)30-21(20)22(29)27(23)12-14-6-5-11-31-14/h1-11H,12-13H2,(H,25,28). The Kier molecular flexibility index (Phi) is 5.73. The topological polar surface area (TPSA) is 77.1 Å². The second kappa shape index (κ2) is 8.82. The van der Waals surface area contributed by atoms with E-state index in [-0.39, 0.29) is 22.8 Å². The van der Waals surface area contributed by atoms with Crippen LogP contribution in [-0.2, 0) is 11.3 Å². The van der Waals surface area contributed by atoms with Gasteiger partial charge < -0.3 is 9.73 Å². The number of amides is 1. The van der Waals surface area contributed by atoms with E-state index in [1.165, 1.54) is 11.8 Å². The molecule has 3 aromatic heterocycles. The zero-order valence-corrected chi connectivity index (χ0v) is 19.0. The van der Waals surface area contributed by atoms with Crippen LogP contribution in [0.5, 0.6) is 0 Å². The number of carbonyl (C=O) groups excluding carboxylic acids is 1. The minimum Gasteiger partial charge on any atom is -0.448 e. The Morgan fingerprint density at radius 1 is 1.12 bits per heavy atom. The summed E-state index contributed by atoms with van der Waals surface area (Å²) in [6.07, 6.45) is 0. The van der Waals surface area contributed by atoms with Crippen molar-refractivity contribution in [2.75, 3.05) is 11.1 Å². The van der Waals surface area contributed by atoms with Crippen LogP contribution in [-0.4, -0.2) is 21.2 Å². The lowest BCUT2D eigenvalue weighted by Gasteiger charge is -2.11. The molecule has 6 nitrogen and oxygen atoms in total. The van der Waals surface area contributed by atoms with Crippen molar-refractivity contribution in [1.82, 2.24) is 9.55 Å². The second-order valence-electron chi connectivity index (χ2n) is 6.96. The molecule has 9 heteroatoms. The summed E-state index contributed by atoms with van der Waals surface area (Å²) in [4.78, 5) is 31.6. The summed E-state index contributed by atoms with van der Waals surface area (Å²) >= 11 is 8.89. The summed E-state index contributed by atoms with van der Waals surface area (Å²) in [5.41, 5.74) is 1.59. The maximum Gasteiger partial charge on any atom is 0.298 e. The van der Waals surface area contributed by atoms with Crippen molar-refractivity contribution in [2.45, 2.75) is 11.7 Å². The van der Waals surface area contributed by atoms with Crippen LogP contribution in [0.25, 0.3) is 22.1 Å². The van der Waals surface area contributed by atoms with Crippen LogP contribution in [0.4, 0.5) is 5.69 Å². The van der Waals surface area contributed by atoms with Gasteiger partial charge in [-0.2, -0.15) is 0 Å². The Hall–Kier alpha value is -3.07. The highest BCUT2D eigenvalue weighted by Gasteiger charge is 2.19. The Morgan fingerprint density at radius 2 is 1.94 bits per heavy atom. The number of aromatic nitrogens is 2. The summed E-state index contributed by atoms with van der Waals surface area (Å²) in [6, 6.07) is 18.3. The number of benzene rings is 2.